The van der Waals surface area contributed by atoms with E-state index in [1.54, 1.807) is 12.4 Å². The summed E-state index contributed by atoms with van der Waals surface area (Å²) >= 11 is 0. The molecule has 0 bridgehead atoms. The van der Waals surface area contributed by atoms with Gasteiger partial charge in [0.2, 0.25) is 0 Å². The Morgan fingerprint density at radius 1 is 1.04 bits per heavy atom. The zero-order chi connectivity index (χ0) is 18.9. The first kappa shape index (κ1) is 16.7. The predicted octanol–water partition coefficient (Wildman–Crippen LogP) is 3.88. The van der Waals surface area contributed by atoms with E-state index in [2.05, 4.69) is 25.5 Å². The van der Waals surface area contributed by atoms with Crippen LogP contribution in [0.2, 0.25) is 0 Å². The molecule has 1 fully saturated rings. The maximum Gasteiger partial charge on any atom is 0.273 e. The van der Waals surface area contributed by atoms with Gasteiger partial charge in [-0.05, 0) is 61.0 Å². The highest BCUT2D eigenvalue weighted by Crippen LogP contribution is 2.26. The summed E-state index contributed by atoms with van der Waals surface area (Å²) < 4.78 is 0. The highest BCUT2D eigenvalue weighted by molar-refractivity contribution is 6.06. The average Bonchev–Trinajstić information content (AvgIpc) is 3.16. The van der Waals surface area contributed by atoms with Crippen LogP contribution in [-0.4, -0.2) is 44.1 Å². The van der Waals surface area contributed by atoms with Crippen LogP contribution in [0.3, 0.4) is 0 Å². The normalized spacial score (nSPS) is 14.5. The monoisotopic (exact) mass is 372 g/mol. The number of aromatic amines is 1. The Morgan fingerprint density at radius 2 is 1.93 bits per heavy atom. The molecule has 0 unspecified atom stereocenters. The van der Waals surface area contributed by atoms with Gasteiger partial charge in [-0.2, -0.15) is 5.10 Å². The van der Waals surface area contributed by atoms with Crippen LogP contribution in [0.25, 0.3) is 21.8 Å². The molecular weight excluding hydrogens is 352 g/mol. The number of nitrogens with zero attached hydrogens (tertiary/aromatic N) is 4. The lowest BCUT2D eigenvalue weighted by Crippen LogP contribution is -2.36. The topological polar surface area (TPSA) is 86.8 Å². The minimum atomic E-state index is 0.0218. The molecule has 7 nitrogen and oxygen atoms in total. The van der Waals surface area contributed by atoms with Crippen LogP contribution >= 0.6 is 0 Å². The fourth-order valence-electron chi connectivity index (χ4n) is 3.75. The molecule has 1 aliphatic heterocycles. The highest BCUT2D eigenvalue weighted by atomic mass is 16.2. The number of likely N-dealkylation sites (tertiary alicyclic amines) is 1. The maximum atomic E-state index is 12.9. The molecule has 0 radical (unpaired) electrons. The SMILES string of the molecule is O=C(c1nccc2cc(Nc3n[nH]c4cccnc34)ccc12)N1CCCCC1. The van der Waals surface area contributed by atoms with Crippen LogP contribution in [0.5, 0.6) is 0 Å². The second-order valence-corrected chi connectivity index (χ2v) is 7.05. The van der Waals surface area contributed by atoms with Gasteiger partial charge < -0.3 is 10.2 Å². The van der Waals surface area contributed by atoms with E-state index < -0.39 is 0 Å². The van der Waals surface area contributed by atoms with E-state index >= 15 is 0 Å². The highest BCUT2D eigenvalue weighted by Gasteiger charge is 2.21. The van der Waals surface area contributed by atoms with Crippen molar-refractivity contribution in [1.82, 2.24) is 25.1 Å². The second kappa shape index (κ2) is 6.92. The number of benzene rings is 1. The number of aromatic nitrogens is 4. The third kappa shape index (κ3) is 2.94. The molecular formula is C21H20N6O. The Labute approximate surface area is 161 Å². The van der Waals surface area contributed by atoms with Gasteiger partial charge in [0, 0.05) is 36.6 Å². The van der Waals surface area contributed by atoms with Crippen molar-refractivity contribution in [1.29, 1.82) is 0 Å². The number of H-pyrrole nitrogens is 1. The van der Waals surface area contributed by atoms with Gasteiger partial charge in [-0.15, -0.1) is 0 Å². The van der Waals surface area contributed by atoms with Crippen molar-refractivity contribution in [2.45, 2.75) is 19.3 Å². The lowest BCUT2D eigenvalue weighted by Gasteiger charge is -2.26. The van der Waals surface area contributed by atoms with Crippen LogP contribution in [0.1, 0.15) is 29.8 Å². The third-order valence-corrected chi connectivity index (χ3v) is 5.19. The van der Waals surface area contributed by atoms with E-state index in [-0.39, 0.29) is 5.91 Å². The molecule has 4 heterocycles. The van der Waals surface area contributed by atoms with Crippen LogP contribution < -0.4 is 5.32 Å². The summed E-state index contributed by atoms with van der Waals surface area (Å²) in [7, 11) is 0. The quantitative estimate of drug-likeness (QED) is 0.570. The molecule has 0 aliphatic carbocycles. The molecule has 1 amide bonds. The predicted molar refractivity (Wildman–Crippen MR) is 109 cm³/mol. The summed E-state index contributed by atoms with van der Waals surface area (Å²) in [6, 6.07) is 11.6. The molecule has 4 aromatic rings. The number of pyridine rings is 2. The Morgan fingerprint density at radius 3 is 2.82 bits per heavy atom. The number of amides is 1. The number of rotatable bonds is 3. The summed E-state index contributed by atoms with van der Waals surface area (Å²) in [4.78, 5) is 23.6. The van der Waals surface area contributed by atoms with E-state index in [9.17, 15) is 4.79 Å². The molecule has 5 rings (SSSR count). The Balaban J connectivity index is 1.47. The van der Waals surface area contributed by atoms with Gasteiger partial charge >= 0.3 is 0 Å². The van der Waals surface area contributed by atoms with Crippen LogP contribution in [0.15, 0.2) is 48.8 Å². The second-order valence-electron chi connectivity index (χ2n) is 7.05. The zero-order valence-corrected chi connectivity index (χ0v) is 15.4. The summed E-state index contributed by atoms with van der Waals surface area (Å²) in [5, 5.41) is 12.4. The smallest absolute Gasteiger partial charge is 0.273 e. The van der Waals surface area contributed by atoms with Crippen molar-refractivity contribution in [2.24, 2.45) is 0 Å². The molecule has 7 heteroatoms. The van der Waals surface area contributed by atoms with Crippen molar-refractivity contribution < 1.29 is 4.79 Å². The van der Waals surface area contributed by atoms with E-state index in [0.29, 0.717) is 11.5 Å². The maximum absolute atomic E-state index is 12.9. The minimum absolute atomic E-state index is 0.0218. The van der Waals surface area contributed by atoms with Crippen molar-refractivity contribution in [2.75, 3.05) is 18.4 Å². The number of hydrogen-bond donors (Lipinski definition) is 2. The van der Waals surface area contributed by atoms with Gasteiger partial charge in [-0.1, -0.05) is 0 Å². The number of carbonyl (C=O) groups is 1. The number of nitrogens with one attached hydrogen (secondary N) is 2. The van der Waals surface area contributed by atoms with Crippen LogP contribution in [0.4, 0.5) is 11.5 Å². The molecule has 1 saturated heterocycles. The number of anilines is 2. The number of piperidine rings is 1. The molecule has 140 valence electrons. The summed E-state index contributed by atoms with van der Waals surface area (Å²) in [6.07, 6.45) is 6.77. The molecule has 0 atom stereocenters. The van der Waals surface area contributed by atoms with Crippen LogP contribution in [-0.2, 0) is 0 Å². The Kier molecular flexibility index (Phi) is 4.12. The van der Waals surface area contributed by atoms with Crippen molar-refractivity contribution in [3.8, 4) is 0 Å². The minimum Gasteiger partial charge on any atom is -0.337 e. The van der Waals surface area contributed by atoms with Gasteiger partial charge in [-0.3, -0.25) is 19.9 Å². The van der Waals surface area contributed by atoms with Crippen LogP contribution in [0, 0.1) is 0 Å². The fraction of sp³-hybridized carbons (Fsp3) is 0.238. The first-order valence-corrected chi connectivity index (χ1v) is 9.54. The van der Waals surface area contributed by atoms with Crippen molar-refractivity contribution >= 4 is 39.2 Å². The molecule has 1 aromatic carbocycles. The van der Waals surface area contributed by atoms with Gasteiger partial charge in [0.25, 0.3) is 5.91 Å². The lowest BCUT2D eigenvalue weighted by molar-refractivity contribution is 0.0720. The zero-order valence-electron chi connectivity index (χ0n) is 15.4. The Bertz CT molecular complexity index is 1160. The van der Waals surface area contributed by atoms with Gasteiger partial charge in [0.15, 0.2) is 5.82 Å². The van der Waals surface area contributed by atoms with Crippen molar-refractivity contribution in [3.05, 3.63) is 54.5 Å². The Hall–Kier alpha value is -3.48. The summed E-state index contributed by atoms with van der Waals surface area (Å²) in [5.41, 5.74) is 3.08. The molecule has 3 aromatic heterocycles. The third-order valence-electron chi connectivity index (χ3n) is 5.19. The lowest BCUT2D eigenvalue weighted by atomic mass is 10.1. The summed E-state index contributed by atoms with van der Waals surface area (Å²) in [5.74, 6) is 0.696. The number of hydrogen-bond acceptors (Lipinski definition) is 5. The number of carbonyl (C=O) groups excluding carboxylic acids is 1. The summed E-state index contributed by atoms with van der Waals surface area (Å²) in [6.45, 7) is 1.63. The van der Waals surface area contributed by atoms with Gasteiger partial charge in [-0.25, -0.2) is 0 Å². The largest absolute Gasteiger partial charge is 0.337 e. The molecule has 1 aliphatic rings. The molecule has 2 N–H and O–H groups in total. The molecule has 0 saturated carbocycles. The van der Waals surface area contributed by atoms with Crippen molar-refractivity contribution in [3.63, 3.8) is 0 Å². The average molecular weight is 372 g/mol. The molecule has 0 spiro atoms. The first-order chi connectivity index (χ1) is 13.8. The van der Waals surface area contributed by atoms with Gasteiger partial charge in [0.1, 0.15) is 11.2 Å². The van der Waals surface area contributed by atoms with Gasteiger partial charge in [0.05, 0.1) is 5.52 Å². The van der Waals surface area contributed by atoms with E-state index in [4.69, 9.17) is 0 Å². The number of fused-ring (bicyclic) bond motifs is 2. The first-order valence-electron chi connectivity index (χ1n) is 9.54. The van der Waals surface area contributed by atoms with E-state index in [0.717, 1.165) is 53.4 Å². The van der Waals surface area contributed by atoms with E-state index in [1.165, 1.54) is 6.42 Å². The molecule has 28 heavy (non-hydrogen) atoms. The van der Waals surface area contributed by atoms with E-state index in [1.807, 2.05) is 41.3 Å². The fourth-order valence-corrected chi connectivity index (χ4v) is 3.75. The standard InChI is InChI=1S/C21H20N6O/c28-21(27-11-2-1-3-12-27)18-16-7-6-15(13-14(16)8-10-23-18)24-20-19-17(25-26-20)5-4-9-22-19/h4-10,13H,1-3,11-12H2,(H2,24,25,26).